The zero-order valence-electron chi connectivity index (χ0n) is 6.72. The standard InChI is InChI=1S/C10H16/c1-2-4-9-7-10(9)8-5-3-6-8/h3,5,8-10H,2,4,6-7H2,1H3. The third kappa shape index (κ3) is 1.00. The molecule has 0 amide bonds. The fourth-order valence-corrected chi connectivity index (χ4v) is 2.11. The topological polar surface area (TPSA) is 0 Å². The van der Waals surface area contributed by atoms with E-state index in [4.69, 9.17) is 0 Å². The van der Waals surface area contributed by atoms with E-state index in [1.165, 1.54) is 25.7 Å². The zero-order valence-corrected chi connectivity index (χ0v) is 6.72. The van der Waals surface area contributed by atoms with Crippen LogP contribution in [0.15, 0.2) is 12.2 Å². The van der Waals surface area contributed by atoms with E-state index in [-0.39, 0.29) is 0 Å². The molecule has 10 heavy (non-hydrogen) atoms. The van der Waals surface area contributed by atoms with E-state index in [1.54, 1.807) is 0 Å². The first-order valence-corrected chi connectivity index (χ1v) is 4.58. The average Bonchev–Trinajstić information content (AvgIpc) is 2.44. The Kier molecular flexibility index (Phi) is 1.55. The molecule has 0 radical (unpaired) electrons. The Hall–Kier alpha value is -0.260. The predicted molar refractivity (Wildman–Crippen MR) is 43.8 cm³/mol. The van der Waals surface area contributed by atoms with Crippen LogP contribution in [0.3, 0.4) is 0 Å². The molecule has 0 nitrogen and oxygen atoms in total. The highest BCUT2D eigenvalue weighted by atomic mass is 14.5. The van der Waals surface area contributed by atoms with Gasteiger partial charge in [-0.05, 0) is 30.6 Å². The van der Waals surface area contributed by atoms with Crippen molar-refractivity contribution in [2.75, 3.05) is 0 Å². The molecule has 0 N–H and O–H groups in total. The van der Waals surface area contributed by atoms with Crippen molar-refractivity contribution in [3.63, 3.8) is 0 Å². The first-order valence-electron chi connectivity index (χ1n) is 4.58. The first kappa shape index (κ1) is 6.45. The van der Waals surface area contributed by atoms with Gasteiger partial charge < -0.3 is 0 Å². The summed E-state index contributed by atoms with van der Waals surface area (Å²) in [6, 6.07) is 0. The van der Waals surface area contributed by atoms with Crippen LogP contribution in [0.2, 0.25) is 0 Å². The minimum absolute atomic E-state index is 0.997. The van der Waals surface area contributed by atoms with E-state index in [0.717, 1.165) is 17.8 Å². The van der Waals surface area contributed by atoms with Crippen LogP contribution in [0, 0.1) is 17.8 Å². The van der Waals surface area contributed by atoms with Gasteiger partial charge >= 0.3 is 0 Å². The molecule has 3 unspecified atom stereocenters. The quantitative estimate of drug-likeness (QED) is 0.523. The van der Waals surface area contributed by atoms with Gasteiger partial charge in [-0.1, -0.05) is 31.9 Å². The molecule has 0 aliphatic heterocycles. The van der Waals surface area contributed by atoms with Crippen molar-refractivity contribution < 1.29 is 0 Å². The van der Waals surface area contributed by atoms with Crippen molar-refractivity contribution >= 4 is 0 Å². The van der Waals surface area contributed by atoms with Gasteiger partial charge in [-0.2, -0.15) is 0 Å². The number of hydrogen-bond donors (Lipinski definition) is 0. The summed E-state index contributed by atoms with van der Waals surface area (Å²) in [5.41, 5.74) is 0. The van der Waals surface area contributed by atoms with E-state index < -0.39 is 0 Å². The second-order valence-electron chi connectivity index (χ2n) is 3.78. The third-order valence-electron chi connectivity index (χ3n) is 2.98. The van der Waals surface area contributed by atoms with Crippen LogP contribution in [0.1, 0.15) is 32.6 Å². The van der Waals surface area contributed by atoms with Gasteiger partial charge in [-0.15, -0.1) is 0 Å². The van der Waals surface area contributed by atoms with Crippen molar-refractivity contribution in [3.05, 3.63) is 12.2 Å². The molecule has 0 bridgehead atoms. The van der Waals surface area contributed by atoms with Crippen LogP contribution in [-0.4, -0.2) is 0 Å². The van der Waals surface area contributed by atoms with Gasteiger partial charge in [0.25, 0.3) is 0 Å². The molecular weight excluding hydrogens is 120 g/mol. The molecule has 2 aliphatic rings. The van der Waals surface area contributed by atoms with E-state index >= 15 is 0 Å². The largest absolute Gasteiger partial charge is 0.0876 e. The van der Waals surface area contributed by atoms with Gasteiger partial charge in [0.15, 0.2) is 0 Å². The normalized spacial score (nSPS) is 43.1. The molecule has 0 saturated heterocycles. The summed E-state index contributed by atoms with van der Waals surface area (Å²) < 4.78 is 0. The van der Waals surface area contributed by atoms with Gasteiger partial charge in [0.2, 0.25) is 0 Å². The Labute approximate surface area is 63.3 Å². The lowest BCUT2D eigenvalue weighted by Crippen LogP contribution is -2.06. The van der Waals surface area contributed by atoms with Gasteiger partial charge in [0.05, 0.1) is 0 Å². The highest BCUT2D eigenvalue weighted by Crippen LogP contribution is 2.50. The van der Waals surface area contributed by atoms with Crippen LogP contribution in [0.5, 0.6) is 0 Å². The van der Waals surface area contributed by atoms with Gasteiger partial charge in [-0.25, -0.2) is 0 Å². The molecule has 56 valence electrons. The molecule has 0 aromatic heterocycles. The smallest absolute Gasteiger partial charge is 0.0168 e. The van der Waals surface area contributed by atoms with E-state index in [9.17, 15) is 0 Å². The van der Waals surface area contributed by atoms with Gasteiger partial charge in [0, 0.05) is 0 Å². The molecule has 2 rings (SSSR count). The monoisotopic (exact) mass is 136 g/mol. The van der Waals surface area contributed by atoms with E-state index in [1.807, 2.05) is 0 Å². The highest BCUT2D eigenvalue weighted by Gasteiger charge is 2.41. The Morgan fingerprint density at radius 3 is 2.80 bits per heavy atom. The Morgan fingerprint density at radius 1 is 1.50 bits per heavy atom. The van der Waals surface area contributed by atoms with Crippen LogP contribution < -0.4 is 0 Å². The second kappa shape index (κ2) is 2.41. The summed E-state index contributed by atoms with van der Waals surface area (Å²) in [7, 11) is 0. The van der Waals surface area contributed by atoms with Crippen LogP contribution in [0.25, 0.3) is 0 Å². The molecule has 1 fully saturated rings. The highest BCUT2D eigenvalue weighted by molar-refractivity contribution is 5.09. The maximum atomic E-state index is 2.40. The van der Waals surface area contributed by atoms with E-state index in [2.05, 4.69) is 19.1 Å². The number of allylic oxidation sites excluding steroid dienone is 2. The summed E-state index contributed by atoms with van der Waals surface area (Å²) in [6.45, 7) is 2.30. The zero-order chi connectivity index (χ0) is 6.97. The van der Waals surface area contributed by atoms with Gasteiger partial charge in [0.1, 0.15) is 0 Å². The second-order valence-corrected chi connectivity index (χ2v) is 3.78. The summed E-state index contributed by atoms with van der Waals surface area (Å²) in [4.78, 5) is 0. The van der Waals surface area contributed by atoms with Gasteiger partial charge in [-0.3, -0.25) is 0 Å². The van der Waals surface area contributed by atoms with Crippen molar-refractivity contribution in [3.8, 4) is 0 Å². The number of hydrogen-bond acceptors (Lipinski definition) is 0. The Bertz CT molecular complexity index is 146. The molecular formula is C10H16. The molecule has 0 spiro atoms. The molecule has 0 heteroatoms. The molecule has 3 atom stereocenters. The van der Waals surface area contributed by atoms with Crippen molar-refractivity contribution in [1.29, 1.82) is 0 Å². The van der Waals surface area contributed by atoms with E-state index in [0.29, 0.717) is 0 Å². The SMILES string of the molecule is CCCC1CC1C1C=CC1. The summed E-state index contributed by atoms with van der Waals surface area (Å²) in [6.07, 6.45) is 10.5. The maximum Gasteiger partial charge on any atom is -0.0168 e. The average molecular weight is 136 g/mol. The Balaban J connectivity index is 1.74. The third-order valence-corrected chi connectivity index (χ3v) is 2.98. The van der Waals surface area contributed by atoms with Crippen LogP contribution in [0.4, 0.5) is 0 Å². The first-order chi connectivity index (χ1) is 4.92. The molecule has 0 heterocycles. The lowest BCUT2D eigenvalue weighted by molar-refractivity contribution is 0.482. The molecule has 2 aliphatic carbocycles. The van der Waals surface area contributed by atoms with Crippen molar-refractivity contribution in [2.24, 2.45) is 17.8 Å². The van der Waals surface area contributed by atoms with Crippen LogP contribution >= 0.6 is 0 Å². The summed E-state index contributed by atoms with van der Waals surface area (Å²) in [5.74, 6) is 3.21. The summed E-state index contributed by atoms with van der Waals surface area (Å²) in [5, 5.41) is 0. The lowest BCUT2D eigenvalue weighted by atomic mass is 9.89. The maximum absolute atomic E-state index is 2.40. The minimum Gasteiger partial charge on any atom is -0.0876 e. The number of rotatable bonds is 3. The predicted octanol–water partition coefficient (Wildman–Crippen LogP) is 3.00. The van der Waals surface area contributed by atoms with Crippen molar-refractivity contribution in [1.82, 2.24) is 0 Å². The molecule has 0 aromatic carbocycles. The fraction of sp³-hybridized carbons (Fsp3) is 0.800. The van der Waals surface area contributed by atoms with Crippen molar-refractivity contribution in [2.45, 2.75) is 32.6 Å². The molecule has 1 saturated carbocycles. The minimum atomic E-state index is 0.997. The lowest BCUT2D eigenvalue weighted by Gasteiger charge is -2.16. The molecule has 0 aromatic rings. The summed E-state index contributed by atoms with van der Waals surface area (Å²) >= 11 is 0. The fourth-order valence-electron chi connectivity index (χ4n) is 2.11. The van der Waals surface area contributed by atoms with Crippen LogP contribution in [-0.2, 0) is 0 Å². The Morgan fingerprint density at radius 2 is 2.30 bits per heavy atom.